The Balaban J connectivity index is 3.09. The van der Waals surface area contributed by atoms with E-state index in [2.05, 4.69) is 10.3 Å². The lowest BCUT2D eigenvalue weighted by molar-refractivity contribution is -0.385. The summed E-state index contributed by atoms with van der Waals surface area (Å²) in [4.78, 5) is 24.1. The van der Waals surface area contributed by atoms with Gasteiger partial charge in [-0.15, -0.1) is 0 Å². The number of carbonyl (C=O) groups is 1. The minimum absolute atomic E-state index is 0.00727. The van der Waals surface area contributed by atoms with Gasteiger partial charge in [0.2, 0.25) is 0 Å². The van der Waals surface area contributed by atoms with E-state index in [-0.39, 0.29) is 24.5 Å². The molecular formula is C8H9N3O5. The number of hydrogen-bond donors (Lipinski definition) is 3. The van der Waals surface area contributed by atoms with Crippen molar-refractivity contribution in [2.75, 3.05) is 18.5 Å². The van der Waals surface area contributed by atoms with Crippen LogP contribution in [-0.2, 0) is 0 Å². The molecule has 86 valence electrons. The Hall–Kier alpha value is -2.22. The Morgan fingerprint density at radius 3 is 2.81 bits per heavy atom. The van der Waals surface area contributed by atoms with Crippen molar-refractivity contribution in [1.82, 2.24) is 4.98 Å². The molecule has 0 radical (unpaired) electrons. The van der Waals surface area contributed by atoms with E-state index in [0.717, 1.165) is 12.3 Å². The van der Waals surface area contributed by atoms with Crippen LogP contribution in [0.2, 0.25) is 0 Å². The fraction of sp³-hybridized carbons (Fsp3) is 0.250. The van der Waals surface area contributed by atoms with Crippen LogP contribution in [0.15, 0.2) is 12.3 Å². The number of pyridine rings is 1. The summed E-state index contributed by atoms with van der Waals surface area (Å²) in [5, 5.41) is 30.3. The molecule has 0 atom stereocenters. The van der Waals surface area contributed by atoms with Crippen molar-refractivity contribution in [2.24, 2.45) is 0 Å². The maximum Gasteiger partial charge on any atom is 0.339 e. The van der Waals surface area contributed by atoms with E-state index in [9.17, 15) is 14.9 Å². The predicted molar refractivity (Wildman–Crippen MR) is 53.4 cm³/mol. The van der Waals surface area contributed by atoms with Crippen LogP contribution in [0.3, 0.4) is 0 Å². The smallest absolute Gasteiger partial charge is 0.339 e. The van der Waals surface area contributed by atoms with E-state index in [1.165, 1.54) is 0 Å². The first-order chi connectivity index (χ1) is 7.56. The van der Waals surface area contributed by atoms with Gasteiger partial charge in [0.25, 0.3) is 5.69 Å². The third-order valence-corrected chi connectivity index (χ3v) is 1.72. The van der Waals surface area contributed by atoms with Crippen LogP contribution in [0.25, 0.3) is 0 Å². The Kier molecular flexibility index (Phi) is 3.72. The lowest BCUT2D eigenvalue weighted by Crippen LogP contribution is -2.12. The van der Waals surface area contributed by atoms with Gasteiger partial charge in [-0.25, -0.2) is 9.78 Å². The molecule has 0 saturated carbocycles. The minimum Gasteiger partial charge on any atom is -0.478 e. The number of carboxylic acid groups (broad SMARTS) is 1. The first-order valence-electron chi connectivity index (χ1n) is 4.28. The molecule has 0 unspecified atom stereocenters. The van der Waals surface area contributed by atoms with Crippen molar-refractivity contribution in [2.45, 2.75) is 0 Å². The van der Waals surface area contributed by atoms with E-state index in [0.29, 0.717) is 0 Å². The van der Waals surface area contributed by atoms with Gasteiger partial charge in [0, 0.05) is 12.6 Å². The molecule has 8 nitrogen and oxygen atoms in total. The van der Waals surface area contributed by atoms with Gasteiger partial charge in [-0.2, -0.15) is 0 Å². The second-order valence-corrected chi connectivity index (χ2v) is 2.80. The van der Waals surface area contributed by atoms with Crippen molar-refractivity contribution in [3.8, 4) is 0 Å². The summed E-state index contributed by atoms with van der Waals surface area (Å²) in [5.74, 6) is -1.33. The van der Waals surface area contributed by atoms with Crippen molar-refractivity contribution >= 4 is 17.5 Å². The Morgan fingerprint density at radius 1 is 1.62 bits per heavy atom. The van der Waals surface area contributed by atoms with Gasteiger partial charge in [-0.3, -0.25) is 10.1 Å². The van der Waals surface area contributed by atoms with E-state index in [1.54, 1.807) is 0 Å². The average molecular weight is 227 g/mol. The molecule has 0 fully saturated rings. The fourth-order valence-corrected chi connectivity index (χ4v) is 1.03. The zero-order valence-corrected chi connectivity index (χ0v) is 8.08. The number of nitrogens with zero attached hydrogens (tertiary/aromatic N) is 2. The molecule has 1 heterocycles. The van der Waals surface area contributed by atoms with Crippen molar-refractivity contribution in [1.29, 1.82) is 0 Å². The van der Waals surface area contributed by atoms with Crippen LogP contribution in [0.4, 0.5) is 11.5 Å². The molecule has 8 heteroatoms. The first-order valence-corrected chi connectivity index (χ1v) is 4.28. The SMILES string of the molecule is O=C(O)c1cc([N+](=O)[O-])cnc1NCCO. The quantitative estimate of drug-likeness (QED) is 0.480. The highest BCUT2D eigenvalue weighted by Gasteiger charge is 2.16. The summed E-state index contributed by atoms with van der Waals surface area (Å²) in [6.07, 6.45) is 0.951. The molecule has 0 saturated heterocycles. The number of carboxylic acids is 1. The van der Waals surface area contributed by atoms with Gasteiger partial charge in [-0.1, -0.05) is 0 Å². The fourth-order valence-electron chi connectivity index (χ4n) is 1.03. The molecule has 0 aromatic carbocycles. The van der Waals surface area contributed by atoms with Crippen molar-refractivity contribution < 1.29 is 19.9 Å². The number of aromatic nitrogens is 1. The van der Waals surface area contributed by atoms with Gasteiger partial charge < -0.3 is 15.5 Å². The molecule has 0 bridgehead atoms. The Bertz CT molecular complexity index is 420. The van der Waals surface area contributed by atoms with Crippen LogP contribution >= 0.6 is 0 Å². The van der Waals surface area contributed by atoms with Crippen LogP contribution in [-0.4, -0.2) is 39.2 Å². The highest BCUT2D eigenvalue weighted by atomic mass is 16.6. The number of rotatable bonds is 5. The summed E-state index contributed by atoms with van der Waals surface area (Å²) in [6, 6.07) is 0.912. The molecule has 1 rings (SSSR count). The monoisotopic (exact) mass is 227 g/mol. The number of aliphatic hydroxyl groups excluding tert-OH is 1. The molecule has 1 aromatic heterocycles. The van der Waals surface area contributed by atoms with E-state index < -0.39 is 16.6 Å². The normalized spacial score (nSPS) is 9.81. The second kappa shape index (κ2) is 5.03. The number of nitro groups is 1. The van der Waals surface area contributed by atoms with Gasteiger partial charge in [-0.05, 0) is 0 Å². The van der Waals surface area contributed by atoms with Crippen LogP contribution in [0.5, 0.6) is 0 Å². The maximum absolute atomic E-state index is 10.8. The van der Waals surface area contributed by atoms with E-state index in [1.807, 2.05) is 0 Å². The third kappa shape index (κ3) is 2.64. The Morgan fingerprint density at radius 2 is 2.31 bits per heavy atom. The summed E-state index contributed by atoms with van der Waals surface area (Å²) in [5.41, 5.74) is -0.699. The van der Waals surface area contributed by atoms with Crippen LogP contribution in [0, 0.1) is 10.1 Å². The van der Waals surface area contributed by atoms with E-state index >= 15 is 0 Å². The van der Waals surface area contributed by atoms with Crippen molar-refractivity contribution in [3.63, 3.8) is 0 Å². The standard InChI is InChI=1S/C8H9N3O5/c12-2-1-9-7-6(8(13)14)3-5(4-10-7)11(15)16/h3-4,12H,1-2H2,(H,9,10)(H,13,14). The summed E-state index contributed by atoms with van der Waals surface area (Å²) in [7, 11) is 0. The molecular weight excluding hydrogens is 218 g/mol. The van der Waals surface area contributed by atoms with Gasteiger partial charge in [0.05, 0.1) is 11.5 Å². The predicted octanol–water partition coefficient (Wildman–Crippen LogP) is 0.0922. The topological polar surface area (TPSA) is 126 Å². The number of hydrogen-bond acceptors (Lipinski definition) is 6. The summed E-state index contributed by atoms with van der Waals surface area (Å²) >= 11 is 0. The third-order valence-electron chi connectivity index (χ3n) is 1.72. The van der Waals surface area contributed by atoms with Crippen LogP contribution in [0.1, 0.15) is 10.4 Å². The molecule has 0 aliphatic rings. The minimum atomic E-state index is -1.32. The highest BCUT2D eigenvalue weighted by Crippen LogP contribution is 2.18. The van der Waals surface area contributed by atoms with Gasteiger partial charge in [0.15, 0.2) is 0 Å². The molecule has 3 N–H and O–H groups in total. The Labute approximate surface area is 89.7 Å². The molecule has 0 aliphatic carbocycles. The van der Waals surface area contributed by atoms with Gasteiger partial charge >= 0.3 is 5.97 Å². The first kappa shape index (κ1) is 11.9. The lowest BCUT2D eigenvalue weighted by atomic mass is 10.2. The highest BCUT2D eigenvalue weighted by molar-refractivity contribution is 5.93. The van der Waals surface area contributed by atoms with Crippen molar-refractivity contribution in [3.05, 3.63) is 27.9 Å². The molecule has 0 spiro atoms. The maximum atomic E-state index is 10.8. The molecule has 1 aromatic rings. The average Bonchev–Trinajstić information content (AvgIpc) is 2.25. The summed E-state index contributed by atoms with van der Waals surface area (Å²) < 4.78 is 0. The zero-order chi connectivity index (χ0) is 12.1. The number of nitrogens with one attached hydrogen (secondary N) is 1. The number of anilines is 1. The lowest BCUT2D eigenvalue weighted by Gasteiger charge is -2.06. The summed E-state index contributed by atoms with van der Waals surface area (Å²) in [6.45, 7) is -0.0805. The molecule has 0 aliphatic heterocycles. The van der Waals surface area contributed by atoms with Crippen LogP contribution < -0.4 is 5.32 Å². The number of aliphatic hydroxyl groups is 1. The molecule has 0 amide bonds. The molecule has 16 heavy (non-hydrogen) atoms. The van der Waals surface area contributed by atoms with Gasteiger partial charge in [0.1, 0.15) is 17.6 Å². The number of aromatic carboxylic acids is 1. The largest absolute Gasteiger partial charge is 0.478 e. The second-order valence-electron chi connectivity index (χ2n) is 2.80. The zero-order valence-electron chi connectivity index (χ0n) is 8.08. The van der Waals surface area contributed by atoms with E-state index in [4.69, 9.17) is 10.2 Å².